The molecule has 86 valence electrons. The van der Waals surface area contributed by atoms with Crippen molar-refractivity contribution in [3.63, 3.8) is 0 Å². The average Bonchev–Trinajstić information content (AvgIpc) is 2.15. The fraction of sp³-hybridized carbons (Fsp3) is 0.600. The normalized spacial score (nSPS) is 11.3. The summed E-state index contributed by atoms with van der Waals surface area (Å²) in [7, 11) is 1.73. The highest BCUT2D eigenvalue weighted by Crippen LogP contribution is 1.89. The maximum atomic E-state index is 11.3. The Morgan fingerprint density at radius 2 is 2.00 bits per heavy atom. The summed E-state index contributed by atoms with van der Waals surface area (Å²) in [5.74, 6) is -0.966. The molecule has 0 atom stereocenters. The van der Waals surface area contributed by atoms with Crippen molar-refractivity contribution in [1.29, 1.82) is 0 Å². The molecule has 0 unspecified atom stereocenters. The number of carbonyl (C=O) groups is 2. The summed E-state index contributed by atoms with van der Waals surface area (Å²) in [5.41, 5.74) is 0.689. The molecule has 1 amide bonds. The number of hydrogen-bond acceptors (Lipinski definition) is 3. The molecule has 5 heteroatoms. The molecule has 5 nitrogen and oxygen atoms in total. The lowest BCUT2D eigenvalue weighted by Gasteiger charge is -2.14. The summed E-state index contributed by atoms with van der Waals surface area (Å²) in [5, 5.41) is 11.3. The van der Waals surface area contributed by atoms with Gasteiger partial charge in [0.2, 0.25) is 5.91 Å². The minimum absolute atomic E-state index is 0.000579. The highest BCUT2D eigenvalue weighted by Gasteiger charge is 2.05. The molecule has 0 fully saturated rings. The van der Waals surface area contributed by atoms with Crippen LogP contribution >= 0.6 is 0 Å². The van der Waals surface area contributed by atoms with Crippen LogP contribution in [0.3, 0.4) is 0 Å². The van der Waals surface area contributed by atoms with Gasteiger partial charge in [-0.15, -0.1) is 0 Å². The minimum atomic E-state index is -0.966. The van der Waals surface area contributed by atoms with Crippen molar-refractivity contribution >= 4 is 11.9 Å². The van der Waals surface area contributed by atoms with Gasteiger partial charge in [0.1, 0.15) is 0 Å². The third-order valence-electron chi connectivity index (χ3n) is 1.95. The van der Waals surface area contributed by atoms with Gasteiger partial charge in [-0.25, -0.2) is 4.79 Å². The van der Waals surface area contributed by atoms with E-state index < -0.39 is 5.97 Å². The number of rotatable bonds is 6. The number of nitrogens with zero attached hydrogens (tertiary/aromatic N) is 1. The smallest absolute Gasteiger partial charge is 0.328 e. The zero-order valence-corrected chi connectivity index (χ0v) is 9.41. The number of amides is 1. The van der Waals surface area contributed by atoms with Gasteiger partial charge in [0.05, 0.1) is 6.54 Å². The van der Waals surface area contributed by atoms with Gasteiger partial charge in [-0.1, -0.05) is 5.57 Å². The number of carbonyl (C=O) groups excluding carboxylic acids is 1. The molecular formula is C10H18N2O3. The fourth-order valence-corrected chi connectivity index (χ4v) is 0.940. The van der Waals surface area contributed by atoms with Gasteiger partial charge < -0.3 is 15.3 Å². The molecule has 0 aromatic carbocycles. The molecule has 0 saturated carbocycles. The lowest BCUT2D eigenvalue weighted by Crippen LogP contribution is -2.35. The van der Waals surface area contributed by atoms with E-state index in [4.69, 9.17) is 5.11 Å². The molecule has 0 heterocycles. The highest BCUT2D eigenvalue weighted by atomic mass is 16.4. The van der Waals surface area contributed by atoms with Gasteiger partial charge in [0.25, 0.3) is 0 Å². The third-order valence-corrected chi connectivity index (χ3v) is 1.95. The Kier molecular flexibility index (Phi) is 6.37. The molecule has 15 heavy (non-hydrogen) atoms. The van der Waals surface area contributed by atoms with Crippen molar-refractivity contribution in [2.45, 2.75) is 13.8 Å². The van der Waals surface area contributed by atoms with Crippen LogP contribution in [-0.4, -0.2) is 48.6 Å². The largest absolute Gasteiger partial charge is 0.478 e. The van der Waals surface area contributed by atoms with Crippen molar-refractivity contribution < 1.29 is 14.7 Å². The van der Waals surface area contributed by atoms with Crippen molar-refractivity contribution in [2.75, 3.05) is 26.7 Å². The Morgan fingerprint density at radius 3 is 2.47 bits per heavy atom. The van der Waals surface area contributed by atoms with E-state index in [1.165, 1.54) is 0 Å². The van der Waals surface area contributed by atoms with Crippen LogP contribution in [-0.2, 0) is 9.59 Å². The molecule has 0 rings (SSSR count). The zero-order valence-electron chi connectivity index (χ0n) is 9.41. The lowest BCUT2D eigenvalue weighted by atomic mass is 10.3. The van der Waals surface area contributed by atoms with Crippen LogP contribution in [0, 0.1) is 0 Å². The molecule has 0 aromatic heterocycles. The fourth-order valence-electron chi connectivity index (χ4n) is 0.940. The second kappa shape index (κ2) is 7.00. The monoisotopic (exact) mass is 214 g/mol. The number of nitrogens with one attached hydrogen (secondary N) is 1. The van der Waals surface area contributed by atoms with E-state index >= 15 is 0 Å². The quantitative estimate of drug-likeness (QED) is 0.615. The van der Waals surface area contributed by atoms with Crippen LogP contribution in [0.25, 0.3) is 0 Å². The van der Waals surface area contributed by atoms with Crippen molar-refractivity contribution in [3.05, 3.63) is 11.6 Å². The Labute approximate surface area is 89.8 Å². The van der Waals surface area contributed by atoms with E-state index in [1.54, 1.807) is 18.9 Å². The van der Waals surface area contributed by atoms with Crippen LogP contribution in [0.5, 0.6) is 0 Å². The topological polar surface area (TPSA) is 69.6 Å². The number of likely N-dealkylation sites (N-methyl/N-ethyl adjacent to an activating group) is 1. The maximum absolute atomic E-state index is 11.3. The Morgan fingerprint density at radius 1 is 1.40 bits per heavy atom. The molecule has 0 saturated heterocycles. The van der Waals surface area contributed by atoms with E-state index in [-0.39, 0.29) is 12.5 Å². The van der Waals surface area contributed by atoms with E-state index in [0.29, 0.717) is 18.7 Å². The standard InChI is InChI=1S/C10H18N2O3/c1-4-12(3)9(13)7-11-6-8(2)5-10(14)15/h5,11H,4,6-7H2,1-3H3,(H,14,15). The summed E-state index contributed by atoms with van der Waals surface area (Å²) in [6.45, 7) is 4.91. The third kappa shape index (κ3) is 6.68. The summed E-state index contributed by atoms with van der Waals surface area (Å²) < 4.78 is 0. The van der Waals surface area contributed by atoms with Gasteiger partial charge in [-0.05, 0) is 13.8 Å². The minimum Gasteiger partial charge on any atom is -0.478 e. The van der Waals surface area contributed by atoms with E-state index in [2.05, 4.69) is 5.32 Å². The van der Waals surface area contributed by atoms with Crippen molar-refractivity contribution in [2.24, 2.45) is 0 Å². The van der Waals surface area contributed by atoms with E-state index in [0.717, 1.165) is 6.08 Å². The van der Waals surface area contributed by atoms with Crippen molar-refractivity contribution in [1.82, 2.24) is 10.2 Å². The van der Waals surface area contributed by atoms with Crippen LogP contribution in [0.1, 0.15) is 13.8 Å². The predicted octanol–water partition coefficient (Wildman–Crippen LogP) is 0.0852. The van der Waals surface area contributed by atoms with Crippen molar-refractivity contribution in [3.8, 4) is 0 Å². The molecule has 0 aromatic rings. The first kappa shape index (κ1) is 13.6. The van der Waals surface area contributed by atoms with Gasteiger partial charge in [-0.3, -0.25) is 4.79 Å². The molecule has 0 bridgehead atoms. The first-order valence-corrected chi connectivity index (χ1v) is 4.82. The second-order valence-electron chi connectivity index (χ2n) is 3.34. The summed E-state index contributed by atoms with van der Waals surface area (Å²) in [6.07, 6.45) is 1.13. The lowest BCUT2D eigenvalue weighted by molar-refractivity contribution is -0.131. The molecular weight excluding hydrogens is 196 g/mol. The molecule has 0 spiro atoms. The van der Waals surface area contributed by atoms with Gasteiger partial charge in [0, 0.05) is 26.2 Å². The number of carboxylic acids is 1. The molecule has 2 N–H and O–H groups in total. The first-order valence-electron chi connectivity index (χ1n) is 4.82. The van der Waals surface area contributed by atoms with Crippen LogP contribution in [0.2, 0.25) is 0 Å². The predicted molar refractivity (Wildman–Crippen MR) is 57.6 cm³/mol. The first-order chi connectivity index (χ1) is 6.97. The summed E-state index contributed by atoms with van der Waals surface area (Å²) in [4.78, 5) is 23.2. The second-order valence-corrected chi connectivity index (χ2v) is 3.34. The van der Waals surface area contributed by atoms with E-state index in [9.17, 15) is 9.59 Å². The van der Waals surface area contributed by atoms with E-state index in [1.807, 2.05) is 6.92 Å². The number of carboxylic acid groups (broad SMARTS) is 1. The SMILES string of the molecule is CCN(C)C(=O)CNCC(C)=CC(=O)O. The highest BCUT2D eigenvalue weighted by molar-refractivity contribution is 5.80. The number of aliphatic carboxylic acids is 1. The molecule has 0 aliphatic rings. The summed E-state index contributed by atoms with van der Waals surface area (Å²) in [6, 6.07) is 0. The van der Waals surface area contributed by atoms with Gasteiger partial charge >= 0.3 is 5.97 Å². The van der Waals surface area contributed by atoms with Crippen LogP contribution in [0.4, 0.5) is 0 Å². The zero-order chi connectivity index (χ0) is 11.8. The van der Waals surface area contributed by atoms with Crippen LogP contribution in [0.15, 0.2) is 11.6 Å². The maximum Gasteiger partial charge on any atom is 0.328 e. The molecule has 0 aliphatic heterocycles. The Balaban J connectivity index is 3.80. The van der Waals surface area contributed by atoms with Crippen LogP contribution < -0.4 is 5.32 Å². The Hall–Kier alpha value is -1.36. The average molecular weight is 214 g/mol. The molecule has 0 radical (unpaired) electrons. The number of hydrogen-bond donors (Lipinski definition) is 2. The molecule has 0 aliphatic carbocycles. The van der Waals surface area contributed by atoms with Gasteiger partial charge in [-0.2, -0.15) is 0 Å². The van der Waals surface area contributed by atoms with Gasteiger partial charge in [0.15, 0.2) is 0 Å². The summed E-state index contributed by atoms with van der Waals surface area (Å²) >= 11 is 0. The Bertz CT molecular complexity index is 261.